The van der Waals surface area contributed by atoms with Crippen molar-refractivity contribution in [2.24, 2.45) is 0 Å². The fourth-order valence-electron chi connectivity index (χ4n) is 4.47. The molecule has 34 heavy (non-hydrogen) atoms. The number of nitrogens with one attached hydrogen (secondary N) is 1. The molecule has 6 nitrogen and oxygen atoms in total. The monoisotopic (exact) mass is 477 g/mol. The molecule has 1 aliphatic heterocycles. The van der Waals surface area contributed by atoms with Crippen molar-refractivity contribution in [1.82, 2.24) is 10.2 Å². The molecular formula is C27H28ClN3O3. The Labute approximate surface area is 204 Å². The van der Waals surface area contributed by atoms with E-state index in [0.29, 0.717) is 22.7 Å². The average Bonchev–Trinajstić information content (AvgIpc) is 3.07. The van der Waals surface area contributed by atoms with Gasteiger partial charge in [-0.05, 0) is 49.4 Å². The second-order valence-corrected chi connectivity index (χ2v) is 9.18. The highest BCUT2D eigenvalue weighted by atomic mass is 35.5. The van der Waals surface area contributed by atoms with Crippen LogP contribution in [-0.2, 0) is 16.1 Å². The minimum absolute atomic E-state index is 0.0638. The molecule has 3 amide bonds. The summed E-state index contributed by atoms with van der Waals surface area (Å²) in [5.74, 6) is -0.752. The van der Waals surface area contributed by atoms with Crippen molar-refractivity contribution in [2.45, 2.75) is 45.8 Å². The van der Waals surface area contributed by atoms with Crippen LogP contribution in [-0.4, -0.2) is 41.2 Å². The average molecular weight is 478 g/mol. The number of carbonyl (C=O) groups excluding carboxylic acids is 3. The summed E-state index contributed by atoms with van der Waals surface area (Å²) in [6.45, 7) is 5.64. The van der Waals surface area contributed by atoms with E-state index in [1.165, 1.54) is 9.80 Å². The van der Waals surface area contributed by atoms with E-state index in [2.05, 4.69) is 5.32 Å². The number of rotatable bonds is 8. The zero-order valence-electron chi connectivity index (χ0n) is 19.5. The topological polar surface area (TPSA) is 69.7 Å². The minimum Gasteiger partial charge on any atom is -0.352 e. The normalized spacial score (nSPS) is 13.4. The molecule has 0 fully saturated rings. The quantitative estimate of drug-likeness (QED) is 0.507. The number of hydrogen-bond acceptors (Lipinski definition) is 3. The van der Waals surface area contributed by atoms with Gasteiger partial charge < -0.3 is 10.2 Å². The molecule has 1 atom stereocenters. The van der Waals surface area contributed by atoms with Crippen LogP contribution in [0.5, 0.6) is 0 Å². The minimum atomic E-state index is -0.693. The number of halogens is 1. The van der Waals surface area contributed by atoms with Crippen LogP contribution in [0.1, 0.15) is 43.1 Å². The Morgan fingerprint density at radius 3 is 2.41 bits per heavy atom. The van der Waals surface area contributed by atoms with E-state index in [4.69, 9.17) is 11.6 Å². The SMILES string of the molecule is CC[C@@H](C(=O)NC(C)C)N(Cc1ccccc1Cl)C(=O)CN1C(=O)c2cccc3cccc1c23. The summed E-state index contributed by atoms with van der Waals surface area (Å²) >= 11 is 6.39. The van der Waals surface area contributed by atoms with Crippen molar-refractivity contribution >= 4 is 45.8 Å². The van der Waals surface area contributed by atoms with Crippen molar-refractivity contribution in [3.63, 3.8) is 0 Å². The Morgan fingerprint density at radius 2 is 1.74 bits per heavy atom. The number of nitrogens with zero attached hydrogens (tertiary/aromatic N) is 2. The molecule has 0 radical (unpaired) electrons. The molecule has 0 aliphatic carbocycles. The number of carbonyl (C=O) groups is 3. The Bertz CT molecular complexity index is 1250. The molecule has 1 aliphatic rings. The molecule has 0 unspecified atom stereocenters. The summed E-state index contributed by atoms with van der Waals surface area (Å²) < 4.78 is 0. The van der Waals surface area contributed by atoms with Crippen molar-refractivity contribution in [3.8, 4) is 0 Å². The van der Waals surface area contributed by atoms with Crippen LogP contribution in [0.2, 0.25) is 5.02 Å². The number of amides is 3. The second kappa shape index (κ2) is 9.85. The highest BCUT2D eigenvalue weighted by Crippen LogP contribution is 2.37. The van der Waals surface area contributed by atoms with Crippen LogP contribution in [0.3, 0.4) is 0 Å². The third kappa shape index (κ3) is 4.50. The molecule has 0 aromatic heterocycles. The van der Waals surface area contributed by atoms with E-state index >= 15 is 0 Å². The standard InChI is InChI=1S/C27H28ClN3O3/c1-4-22(26(33)29-17(2)3)30(15-19-9-5-6-13-21(19)28)24(32)16-31-23-14-8-11-18-10-7-12-20(25(18)23)27(31)34/h5-14,17,22H,4,15-16H2,1-3H3,(H,29,33)/t22-/m0/s1. The van der Waals surface area contributed by atoms with E-state index < -0.39 is 6.04 Å². The first-order valence-corrected chi connectivity index (χ1v) is 11.9. The predicted molar refractivity (Wildman–Crippen MR) is 135 cm³/mol. The van der Waals surface area contributed by atoms with Gasteiger partial charge in [0.15, 0.2) is 0 Å². The van der Waals surface area contributed by atoms with E-state index in [-0.39, 0.29) is 36.9 Å². The second-order valence-electron chi connectivity index (χ2n) is 8.77. The maximum Gasteiger partial charge on any atom is 0.259 e. The van der Waals surface area contributed by atoms with E-state index in [1.54, 1.807) is 12.1 Å². The molecular weight excluding hydrogens is 450 g/mol. The van der Waals surface area contributed by atoms with E-state index in [9.17, 15) is 14.4 Å². The van der Waals surface area contributed by atoms with Gasteiger partial charge in [-0.25, -0.2) is 0 Å². The molecule has 1 heterocycles. The van der Waals surface area contributed by atoms with Gasteiger partial charge in [0.2, 0.25) is 11.8 Å². The van der Waals surface area contributed by atoms with E-state index in [0.717, 1.165) is 16.3 Å². The molecule has 3 aromatic carbocycles. The highest BCUT2D eigenvalue weighted by Gasteiger charge is 2.35. The Balaban J connectivity index is 1.67. The first-order chi connectivity index (χ1) is 16.3. The molecule has 176 valence electrons. The lowest BCUT2D eigenvalue weighted by Gasteiger charge is -2.32. The third-order valence-corrected chi connectivity index (χ3v) is 6.43. The molecule has 3 aromatic rings. The van der Waals surface area contributed by atoms with Gasteiger partial charge in [-0.1, -0.05) is 61.0 Å². The van der Waals surface area contributed by atoms with Gasteiger partial charge in [-0.3, -0.25) is 19.3 Å². The van der Waals surface area contributed by atoms with E-state index in [1.807, 2.05) is 69.3 Å². The maximum absolute atomic E-state index is 13.7. The van der Waals surface area contributed by atoms with Crippen LogP contribution in [0.15, 0.2) is 60.7 Å². The Hall–Kier alpha value is -3.38. The zero-order chi connectivity index (χ0) is 24.4. The van der Waals surface area contributed by atoms with Crippen molar-refractivity contribution in [1.29, 1.82) is 0 Å². The lowest BCUT2D eigenvalue weighted by Crippen LogP contribution is -2.53. The van der Waals surface area contributed by atoms with Crippen LogP contribution < -0.4 is 10.2 Å². The van der Waals surface area contributed by atoms with Gasteiger partial charge in [0.1, 0.15) is 12.6 Å². The molecule has 0 saturated heterocycles. The van der Waals surface area contributed by atoms with Gasteiger partial charge in [-0.15, -0.1) is 0 Å². The number of anilines is 1. The first-order valence-electron chi connectivity index (χ1n) is 11.5. The van der Waals surface area contributed by atoms with Gasteiger partial charge in [0, 0.05) is 28.6 Å². The van der Waals surface area contributed by atoms with Crippen molar-refractivity contribution in [3.05, 3.63) is 76.8 Å². The summed E-state index contributed by atoms with van der Waals surface area (Å²) in [7, 11) is 0. The Morgan fingerprint density at radius 1 is 1.03 bits per heavy atom. The van der Waals surface area contributed by atoms with Crippen LogP contribution >= 0.6 is 11.6 Å². The van der Waals surface area contributed by atoms with Gasteiger partial charge in [-0.2, -0.15) is 0 Å². The van der Waals surface area contributed by atoms with Crippen LogP contribution in [0, 0.1) is 0 Å². The lowest BCUT2D eigenvalue weighted by molar-refractivity contribution is -0.140. The summed E-state index contributed by atoms with van der Waals surface area (Å²) in [5, 5.41) is 5.24. The fraction of sp³-hybridized carbons (Fsp3) is 0.296. The van der Waals surface area contributed by atoms with Crippen LogP contribution in [0.4, 0.5) is 5.69 Å². The highest BCUT2D eigenvalue weighted by molar-refractivity contribution is 6.31. The smallest absolute Gasteiger partial charge is 0.259 e. The van der Waals surface area contributed by atoms with Crippen molar-refractivity contribution < 1.29 is 14.4 Å². The summed E-state index contributed by atoms with van der Waals surface area (Å²) in [6, 6.07) is 17.8. The van der Waals surface area contributed by atoms with Crippen LogP contribution in [0.25, 0.3) is 10.8 Å². The summed E-state index contributed by atoms with van der Waals surface area (Å²) in [5.41, 5.74) is 2.04. The lowest BCUT2D eigenvalue weighted by atomic mass is 10.1. The van der Waals surface area contributed by atoms with Crippen molar-refractivity contribution in [2.75, 3.05) is 11.4 Å². The molecule has 0 spiro atoms. The maximum atomic E-state index is 13.7. The molecule has 1 N–H and O–H groups in total. The molecule has 7 heteroatoms. The molecule has 0 bridgehead atoms. The van der Waals surface area contributed by atoms with Gasteiger partial charge in [0.05, 0.1) is 5.69 Å². The number of hydrogen-bond donors (Lipinski definition) is 1. The largest absolute Gasteiger partial charge is 0.352 e. The third-order valence-electron chi connectivity index (χ3n) is 6.06. The first kappa shape index (κ1) is 23.8. The molecule has 4 rings (SSSR count). The van der Waals surface area contributed by atoms with Gasteiger partial charge in [0.25, 0.3) is 5.91 Å². The summed E-state index contributed by atoms with van der Waals surface area (Å²) in [4.78, 5) is 43.0. The molecule has 0 saturated carbocycles. The zero-order valence-corrected chi connectivity index (χ0v) is 20.3. The summed E-state index contributed by atoms with van der Waals surface area (Å²) in [6.07, 6.45) is 0.429. The Kier molecular flexibility index (Phi) is 6.89. The predicted octanol–water partition coefficient (Wildman–Crippen LogP) is 4.79. The number of benzene rings is 3. The van der Waals surface area contributed by atoms with Gasteiger partial charge >= 0.3 is 0 Å². The fourth-order valence-corrected chi connectivity index (χ4v) is 4.67.